The van der Waals surface area contributed by atoms with E-state index < -0.39 is 5.97 Å². The van der Waals surface area contributed by atoms with Crippen molar-refractivity contribution in [1.82, 2.24) is 4.98 Å². The first-order chi connectivity index (χ1) is 8.63. The highest BCUT2D eigenvalue weighted by Gasteiger charge is 2.15. The fourth-order valence-electron chi connectivity index (χ4n) is 2.16. The molecular formula is C15H17NO2. The number of unbranched alkanes of at least 4 members (excludes halogenated alkanes) is 1. The van der Waals surface area contributed by atoms with E-state index in [1.54, 1.807) is 6.20 Å². The van der Waals surface area contributed by atoms with Crippen molar-refractivity contribution in [3.8, 4) is 0 Å². The Morgan fingerprint density at radius 3 is 2.83 bits per heavy atom. The van der Waals surface area contributed by atoms with E-state index >= 15 is 0 Å². The number of nitrogens with zero attached hydrogens (tertiary/aromatic N) is 1. The Morgan fingerprint density at radius 2 is 2.17 bits per heavy atom. The summed E-state index contributed by atoms with van der Waals surface area (Å²) in [5.74, 6) is -0.862. The summed E-state index contributed by atoms with van der Waals surface area (Å²) in [4.78, 5) is 15.8. The third-order valence-electron chi connectivity index (χ3n) is 3.12. The molecule has 0 aliphatic carbocycles. The van der Waals surface area contributed by atoms with Crippen molar-refractivity contribution in [3.05, 3.63) is 41.1 Å². The molecule has 0 saturated heterocycles. The van der Waals surface area contributed by atoms with E-state index in [9.17, 15) is 9.90 Å². The number of hydrogen-bond donors (Lipinski definition) is 1. The minimum Gasteiger partial charge on any atom is -0.478 e. The van der Waals surface area contributed by atoms with Crippen LogP contribution in [-0.4, -0.2) is 16.1 Å². The van der Waals surface area contributed by atoms with Crippen LogP contribution in [0.25, 0.3) is 10.9 Å². The van der Waals surface area contributed by atoms with Crippen molar-refractivity contribution in [1.29, 1.82) is 0 Å². The van der Waals surface area contributed by atoms with Crippen molar-refractivity contribution < 1.29 is 9.90 Å². The second-order valence-corrected chi connectivity index (χ2v) is 4.59. The van der Waals surface area contributed by atoms with Gasteiger partial charge in [-0.1, -0.05) is 25.0 Å². The zero-order valence-electron chi connectivity index (χ0n) is 10.7. The SMILES string of the molecule is CCCCc1cnc2ccc(C)cc2c1C(=O)O. The van der Waals surface area contributed by atoms with E-state index in [1.165, 1.54) is 0 Å². The van der Waals surface area contributed by atoms with Gasteiger partial charge in [0.05, 0.1) is 11.1 Å². The fraction of sp³-hybridized carbons (Fsp3) is 0.333. The van der Waals surface area contributed by atoms with E-state index in [2.05, 4.69) is 11.9 Å². The number of aromatic carboxylic acids is 1. The summed E-state index contributed by atoms with van der Waals surface area (Å²) in [6.07, 6.45) is 4.51. The third-order valence-corrected chi connectivity index (χ3v) is 3.12. The Bertz CT molecular complexity index is 590. The van der Waals surface area contributed by atoms with Crippen LogP contribution >= 0.6 is 0 Å². The number of carboxylic acids is 1. The summed E-state index contributed by atoms with van der Waals surface area (Å²) in [6, 6.07) is 5.73. The van der Waals surface area contributed by atoms with Crippen LogP contribution in [0.1, 0.15) is 41.3 Å². The highest BCUT2D eigenvalue weighted by Crippen LogP contribution is 2.23. The highest BCUT2D eigenvalue weighted by atomic mass is 16.4. The molecule has 1 N–H and O–H groups in total. The number of aryl methyl sites for hydroxylation is 2. The van der Waals surface area contributed by atoms with Gasteiger partial charge in [-0.3, -0.25) is 4.98 Å². The lowest BCUT2D eigenvalue weighted by molar-refractivity contribution is 0.0698. The monoisotopic (exact) mass is 243 g/mol. The number of pyridine rings is 1. The summed E-state index contributed by atoms with van der Waals surface area (Å²) in [5, 5.41) is 10.2. The van der Waals surface area contributed by atoms with Gasteiger partial charge in [-0.25, -0.2) is 4.79 Å². The maximum Gasteiger partial charge on any atom is 0.336 e. The number of carboxylic acid groups (broad SMARTS) is 1. The summed E-state index contributed by atoms with van der Waals surface area (Å²) >= 11 is 0. The van der Waals surface area contributed by atoms with Crippen LogP contribution in [-0.2, 0) is 6.42 Å². The first kappa shape index (κ1) is 12.6. The van der Waals surface area contributed by atoms with E-state index in [0.29, 0.717) is 5.56 Å². The van der Waals surface area contributed by atoms with Crippen molar-refractivity contribution in [2.24, 2.45) is 0 Å². The molecule has 1 heterocycles. The van der Waals surface area contributed by atoms with Gasteiger partial charge in [0.1, 0.15) is 0 Å². The molecule has 0 unspecified atom stereocenters. The van der Waals surface area contributed by atoms with E-state index in [4.69, 9.17) is 0 Å². The molecule has 2 rings (SSSR count). The molecule has 1 aromatic carbocycles. The smallest absolute Gasteiger partial charge is 0.336 e. The van der Waals surface area contributed by atoms with Gasteiger partial charge in [0.15, 0.2) is 0 Å². The number of fused-ring (bicyclic) bond motifs is 1. The first-order valence-corrected chi connectivity index (χ1v) is 6.25. The lowest BCUT2D eigenvalue weighted by Gasteiger charge is -2.09. The number of rotatable bonds is 4. The predicted octanol–water partition coefficient (Wildman–Crippen LogP) is 3.58. The van der Waals surface area contributed by atoms with E-state index in [1.807, 2.05) is 25.1 Å². The van der Waals surface area contributed by atoms with Crippen molar-refractivity contribution in [3.63, 3.8) is 0 Å². The molecule has 94 valence electrons. The van der Waals surface area contributed by atoms with Gasteiger partial charge in [0.25, 0.3) is 0 Å². The molecule has 3 nitrogen and oxygen atoms in total. The topological polar surface area (TPSA) is 50.2 Å². The molecule has 2 aromatic rings. The minimum atomic E-state index is -0.862. The normalized spacial score (nSPS) is 10.8. The Labute approximate surface area is 106 Å². The zero-order chi connectivity index (χ0) is 13.1. The minimum absolute atomic E-state index is 0.414. The predicted molar refractivity (Wildman–Crippen MR) is 72.1 cm³/mol. The number of aromatic nitrogens is 1. The van der Waals surface area contributed by atoms with Crippen LogP contribution in [0, 0.1) is 6.92 Å². The molecule has 0 bridgehead atoms. The fourth-order valence-corrected chi connectivity index (χ4v) is 2.16. The Kier molecular flexibility index (Phi) is 3.60. The van der Waals surface area contributed by atoms with Gasteiger partial charge in [-0.15, -0.1) is 0 Å². The van der Waals surface area contributed by atoms with Crippen molar-refractivity contribution in [2.45, 2.75) is 33.1 Å². The van der Waals surface area contributed by atoms with Crippen LogP contribution in [0.4, 0.5) is 0 Å². The molecular weight excluding hydrogens is 226 g/mol. The summed E-state index contributed by atoms with van der Waals surface area (Å²) in [5.41, 5.74) is 3.05. The molecule has 3 heteroatoms. The lowest BCUT2D eigenvalue weighted by Crippen LogP contribution is -2.05. The number of benzene rings is 1. The van der Waals surface area contributed by atoms with Crippen LogP contribution in [0.3, 0.4) is 0 Å². The summed E-state index contributed by atoms with van der Waals surface area (Å²) in [6.45, 7) is 4.06. The van der Waals surface area contributed by atoms with E-state index in [-0.39, 0.29) is 0 Å². The van der Waals surface area contributed by atoms with Gasteiger partial charge >= 0.3 is 5.97 Å². The molecule has 0 fully saturated rings. The maximum absolute atomic E-state index is 11.5. The molecule has 18 heavy (non-hydrogen) atoms. The van der Waals surface area contributed by atoms with E-state index in [0.717, 1.165) is 41.3 Å². The largest absolute Gasteiger partial charge is 0.478 e. The zero-order valence-corrected chi connectivity index (χ0v) is 10.7. The average molecular weight is 243 g/mol. The van der Waals surface area contributed by atoms with Crippen molar-refractivity contribution in [2.75, 3.05) is 0 Å². The Hall–Kier alpha value is -1.90. The Balaban J connectivity index is 2.65. The first-order valence-electron chi connectivity index (χ1n) is 6.25. The molecule has 0 atom stereocenters. The summed E-state index contributed by atoms with van der Waals surface area (Å²) < 4.78 is 0. The second-order valence-electron chi connectivity index (χ2n) is 4.59. The van der Waals surface area contributed by atoms with Gasteiger partial charge < -0.3 is 5.11 Å². The number of carbonyl (C=O) groups is 1. The van der Waals surface area contributed by atoms with Crippen LogP contribution < -0.4 is 0 Å². The van der Waals surface area contributed by atoms with Gasteiger partial charge in [0.2, 0.25) is 0 Å². The molecule has 0 aliphatic heterocycles. The van der Waals surface area contributed by atoms with Gasteiger partial charge in [0, 0.05) is 11.6 Å². The second kappa shape index (κ2) is 5.17. The van der Waals surface area contributed by atoms with Crippen LogP contribution in [0.5, 0.6) is 0 Å². The molecule has 0 saturated carbocycles. The van der Waals surface area contributed by atoms with Crippen LogP contribution in [0.2, 0.25) is 0 Å². The van der Waals surface area contributed by atoms with Gasteiger partial charge in [-0.2, -0.15) is 0 Å². The highest BCUT2D eigenvalue weighted by molar-refractivity contribution is 6.03. The van der Waals surface area contributed by atoms with Gasteiger partial charge in [-0.05, 0) is 37.5 Å². The average Bonchev–Trinajstić information content (AvgIpc) is 2.34. The van der Waals surface area contributed by atoms with Crippen molar-refractivity contribution >= 4 is 16.9 Å². The maximum atomic E-state index is 11.5. The molecule has 0 spiro atoms. The molecule has 0 radical (unpaired) electrons. The molecule has 0 amide bonds. The quantitative estimate of drug-likeness (QED) is 0.892. The number of hydrogen-bond acceptors (Lipinski definition) is 2. The van der Waals surface area contributed by atoms with Crippen LogP contribution in [0.15, 0.2) is 24.4 Å². The molecule has 1 aromatic heterocycles. The lowest BCUT2D eigenvalue weighted by atomic mass is 9.98. The third kappa shape index (κ3) is 2.35. The molecule has 0 aliphatic rings. The Morgan fingerprint density at radius 1 is 1.39 bits per heavy atom. The standard InChI is InChI=1S/C15H17NO2/c1-3-4-5-11-9-16-13-7-6-10(2)8-12(13)14(11)15(17)18/h6-9H,3-5H2,1-2H3,(H,17,18). The summed E-state index contributed by atoms with van der Waals surface area (Å²) in [7, 11) is 0.